The highest BCUT2D eigenvalue weighted by atomic mass is 32.2. The van der Waals surface area contributed by atoms with Crippen LogP contribution >= 0.6 is 11.8 Å². The zero-order valence-corrected chi connectivity index (χ0v) is 13.7. The minimum Gasteiger partial charge on any atom is -0.379 e. The van der Waals surface area contributed by atoms with Gasteiger partial charge in [-0.3, -0.25) is 4.90 Å². The zero-order valence-electron chi connectivity index (χ0n) is 12.8. The molecule has 1 fully saturated rings. The summed E-state index contributed by atoms with van der Waals surface area (Å²) in [5.74, 6) is 0. The number of hydrogen-bond donors (Lipinski definition) is 1. The van der Waals surface area contributed by atoms with E-state index < -0.39 is 5.72 Å². The lowest BCUT2D eigenvalue weighted by molar-refractivity contribution is -0.166. The molecule has 1 aliphatic heterocycles. The molecule has 0 aliphatic carbocycles. The second-order valence-corrected chi connectivity index (χ2v) is 6.85. The van der Waals surface area contributed by atoms with E-state index in [1.165, 1.54) is 4.90 Å². The van der Waals surface area contributed by atoms with E-state index in [1.807, 2.05) is 6.92 Å². The minimum atomic E-state index is -0.891. The van der Waals surface area contributed by atoms with Crippen molar-refractivity contribution in [1.29, 1.82) is 0 Å². The molecule has 1 saturated heterocycles. The van der Waals surface area contributed by atoms with Crippen molar-refractivity contribution in [2.75, 3.05) is 32.6 Å². The third kappa shape index (κ3) is 2.89. The largest absolute Gasteiger partial charge is 0.379 e. The van der Waals surface area contributed by atoms with Crippen molar-refractivity contribution in [3.8, 4) is 0 Å². The SMILES string of the molecule is CSc1ccc(C(C)(C)C(C)(O)N2CCOCC2)cc1. The molecule has 1 unspecified atom stereocenters. The number of nitrogens with zero attached hydrogens (tertiary/aromatic N) is 1. The first-order valence-electron chi connectivity index (χ1n) is 7.09. The molecule has 1 aliphatic rings. The summed E-state index contributed by atoms with van der Waals surface area (Å²) in [5, 5.41) is 11.1. The lowest BCUT2D eigenvalue weighted by Crippen LogP contribution is -2.61. The number of benzene rings is 1. The Balaban J connectivity index is 2.25. The second kappa shape index (κ2) is 6.06. The summed E-state index contributed by atoms with van der Waals surface area (Å²) in [5.41, 5.74) is -0.0781. The molecule has 0 amide bonds. The molecule has 2 rings (SSSR count). The van der Waals surface area contributed by atoms with Crippen LogP contribution in [0.1, 0.15) is 26.3 Å². The first kappa shape index (κ1) is 15.8. The van der Waals surface area contributed by atoms with Crippen molar-refractivity contribution >= 4 is 11.8 Å². The highest BCUT2D eigenvalue weighted by Gasteiger charge is 2.45. The van der Waals surface area contributed by atoms with Crippen molar-refractivity contribution in [1.82, 2.24) is 4.90 Å². The Morgan fingerprint density at radius 2 is 1.65 bits per heavy atom. The van der Waals surface area contributed by atoms with E-state index in [9.17, 15) is 5.11 Å². The number of ether oxygens (including phenoxy) is 1. The minimum absolute atomic E-state index is 0.346. The smallest absolute Gasteiger partial charge is 0.125 e. The van der Waals surface area contributed by atoms with Crippen LogP contribution in [0.15, 0.2) is 29.2 Å². The van der Waals surface area contributed by atoms with Gasteiger partial charge in [-0.1, -0.05) is 26.0 Å². The molecule has 3 nitrogen and oxygen atoms in total. The summed E-state index contributed by atoms with van der Waals surface area (Å²) < 4.78 is 5.39. The van der Waals surface area contributed by atoms with E-state index in [1.54, 1.807) is 11.8 Å². The van der Waals surface area contributed by atoms with Gasteiger partial charge in [0.25, 0.3) is 0 Å². The van der Waals surface area contributed by atoms with Gasteiger partial charge < -0.3 is 9.84 Å². The number of rotatable bonds is 4. The van der Waals surface area contributed by atoms with Crippen molar-refractivity contribution < 1.29 is 9.84 Å². The topological polar surface area (TPSA) is 32.7 Å². The second-order valence-electron chi connectivity index (χ2n) is 5.97. The van der Waals surface area contributed by atoms with Crippen molar-refractivity contribution in [3.05, 3.63) is 29.8 Å². The summed E-state index contributed by atoms with van der Waals surface area (Å²) in [4.78, 5) is 3.37. The van der Waals surface area contributed by atoms with E-state index in [0.717, 1.165) is 18.7 Å². The van der Waals surface area contributed by atoms with Crippen molar-refractivity contribution in [2.24, 2.45) is 0 Å². The molecular formula is C16H25NO2S. The predicted molar refractivity (Wildman–Crippen MR) is 84.3 cm³/mol. The van der Waals surface area contributed by atoms with Gasteiger partial charge in [-0.05, 0) is 30.9 Å². The van der Waals surface area contributed by atoms with Crippen LogP contribution in [0.3, 0.4) is 0 Å². The fraction of sp³-hybridized carbons (Fsp3) is 0.625. The fourth-order valence-electron chi connectivity index (χ4n) is 2.68. The maximum atomic E-state index is 11.1. The first-order chi connectivity index (χ1) is 9.39. The van der Waals surface area contributed by atoms with E-state index in [4.69, 9.17) is 4.74 Å². The molecule has 0 spiro atoms. The Morgan fingerprint density at radius 3 is 2.15 bits per heavy atom. The van der Waals surface area contributed by atoms with Gasteiger partial charge in [0, 0.05) is 23.4 Å². The number of hydrogen-bond acceptors (Lipinski definition) is 4. The Morgan fingerprint density at radius 1 is 1.10 bits per heavy atom. The predicted octanol–water partition coefficient (Wildman–Crippen LogP) is 2.73. The summed E-state index contributed by atoms with van der Waals surface area (Å²) in [6.07, 6.45) is 2.07. The van der Waals surface area contributed by atoms with E-state index >= 15 is 0 Å². The molecule has 20 heavy (non-hydrogen) atoms. The Hall–Kier alpha value is -0.550. The maximum Gasteiger partial charge on any atom is 0.125 e. The molecular weight excluding hydrogens is 270 g/mol. The molecule has 1 atom stereocenters. The highest BCUT2D eigenvalue weighted by Crippen LogP contribution is 2.38. The van der Waals surface area contributed by atoms with Gasteiger partial charge in [0.05, 0.1) is 13.2 Å². The summed E-state index contributed by atoms with van der Waals surface area (Å²) in [6.45, 7) is 9.07. The first-order valence-corrected chi connectivity index (χ1v) is 8.32. The zero-order chi connectivity index (χ0) is 14.8. The van der Waals surface area contributed by atoms with Crippen LogP contribution < -0.4 is 0 Å². The number of aliphatic hydroxyl groups is 1. The van der Waals surface area contributed by atoms with Gasteiger partial charge in [-0.15, -0.1) is 11.8 Å². The van der Waals surface area contributed by atoms with Crippen LogP contribution in [-0.2, 0) is 10.2 Å². The van der Waals surface area contributed by atoms with Crippen molar-refractivity contribution in [3.63, 3.8) is 0 Å². The normalized spacial score (nSPS) is 20.6. The monoisotopic (exact) mass is 295 g/mol. The van der Waals surface area contributed by atoms with E-state index in [2.05, 4.69) is 49.3 Å². The van der Waals surface area contributed by atoms with Gasteiger partial charge in [0.15, 0.2) is 0 Å². The summed E-state index contributed by atoms with van der Waals surface area (Å²) in [6, 6.07) is 8.50. The maximum absolute atomic E-state index is 11.1. The molecule has 112 valence electrons. The van der Waals surface area contributed by atoms with Gasteiger partial charge in [-0.2, -0.15) is 0 Å². The Kier molecular flexibility index (Phi) is 4.80. The van der Waals surface area contributed by atoms with Crippen LogP contribution in [0.2, 0.25) is 0 Å². The standard InChI is InChI=1S/C16H25NO2S/c1-15(2,13-5-7-14(20-4)8-6-13)16(3,18)17-9-11-19-12-10-17/h5-8,18H,9-12H2,1-4H3. The van der Waals surface area contributed by atoms with Crippen LogP contribution in [-0.4, -0.2) is 48.3 Å². The van der Waals surface area contributed by atoms with Crippen LogP contribution in [0.5, 0.6) is 0 Å². The quantitative estimate of drug-likeness (QED) is 0.866. The summed E-state index contributed by atoms with van der Waals surface area (Å²) >= 11 is 1.73. The Labute approximate surface area is 126 Å². The van der Waals surface area contributed by atoms with Gasteiger partial charge in [0.2, 0.25) is 0 Å². The average Bonchev–Trinajstić information content (AvgIpc) is 2.48. The van der Waals surface area contributed by atoms with E-state index in [0.29, 0.717) is 13.2 Å². The molecule has 4 heteroatoms. The number of thioether (sulfide) groups is 1. The molecule has 0 saturated carbocycles. The van der Waals surface area contributed by atoms with Gasteiger partial charge >= 0.3 is 0 Å². The molecule has 1 aromatic carbocycles. The van der Waals surface area contributed by atoms with Gasteiger partial charge in [-0.25, -0.2) is 0 Å². The molecule has 1 heterocycles. The molecule has 0 aromatic heterocycles. The van der Waals surface area contributed by atoms with E-state index in [-0.39, 0.29) is 5.41 Å². The van der Waals surface area contributed by atoms with Crippen molar-refractivity contribution in [2.45, 2.75) is 36.8 Å². The third-order valence-corrected chi connectivity index (χ3v) is 5.37. The molecule has 1 N–H and O–H groups in total. The molecule has 1 aromatic rings. The average molecular weight is 295 g/mol. The number of morpholine rings is 1. The highest BCUT2D eigenvalue weighted by molar-refractivity contribution is 7.98. The Bertz CT molecular complexity index is 436. The fourth-order valence-corrected chi connectivity index (χ4v) is 3.08. The van der Waals surface area contributed by atoms with Crippen LogP contribution in [0.4, 0.5) is 0 Å². The molecule has 0 radical (unpaired) electrons. The van der Waals surface area contributed by atoms with Crippen LogP contribution in [0, 0.1) is 0 Å². The third-order valence-electron chi connectivity index (χ3n) is 4.62. The summed E-state index contributed by atoms with van der Waals surface area (Å²) in [7, 11) is 0. The molecule has 0 bridgehead atoms. The lowest BCUT2D eigenvalue weighted by Gasteiger charge is -2.49. The van der Waals surface area contributed by atoms with Crippen LogP contribution in [0.25, 0.3) is 0 Å². The van der Waals surface area contributed by atoms with Gasteiger partial charge in [0.1, 0.15) is 5.72 Å². The lowest BCUT2D eigenvalue weighted by atomic mass is 9.74.